The molecule has 0 aliphatic carbocycles. The molecule has 0 unspecified atom stereocenters. The van der Waals surface area contributed by atoms with E-state index >= 15 is 0 Å². The Morgan fingerprint density at radius 1 is 1.21 bits per heavy atom. The Balaban J connectivity index is 1.54. The largest absolute Gasteiger partial charge is 0.339 e. The number of aryl methyl sites for hydroxylation is 2. The highest BCUT2D eigenvalue weighted by Gasteiger charge is 2.14. The molecule has 24 heavy (non-hydrogen) atoms. The van der Waals surface area contributed by atoms with E-state index < -0.39 is 9.84 Å². The molecule has 0 amide bonds. The highest BCUT2D eigenvalue weighted by atomic mass is 32.2. The zero-order valence-electron chi connectivity index (χ0n) is 13.3. The second-order valence-corrected chi connectivity index (χ2v) is 8.81. The molecule has 0 atom stereocenters. The average Bonchev–Trinajstić information content (AvgIpc) is 3.17. The standard InChI is InChI=1S/C17H18N2O3S2/c1-13-5-2-6-14(11-13)12-24(20,21)10-4-8-16-18-17(19-22-16)15-7-3-9-23-15/h2-3,5-7,9,11H,4,8,10,12H2,1H3. The van der Waals surface area contributed by atoms with Gasteiger partial charge in [-0.1, -0.05) is 41.1 Å². The number of hydrogen-bond acceptors (Lipinski definition) is 6. The van der Waals surface area contributed by atoms with Crippen molar-refractivity contribution in [1.29, 1.82) is 0 Å². The summed E-state index contributed by atoms with van der Waals surface area (Å²) in [5, 5.41) is 5.87. The van der Waals surface area contributed by atoms with Gasteiger partial charge in [0, 0.05) is 6.42 Å². The van der Waals surface area contributed by atoms with Crippen LogP contribution in [0.1, 0.15) is 23.4 Å². The van der Waals surface area contributed by atoms with Gasteiger partial charge in [0.15, 0.2) is 9.84 Å². The summed E-state index contributed by atoms with van der Waals surface area (Å²) in [4.78, 5) is 5.25. The van der Waals surface area contributed by atoms with Crippen LogP contribution in [0.2, 0.25) is 0 Å². The molecular weight excluding hydrogens is 344 g/mol. The smallest absolute Gasteiger partial charge is 0.227 e. The first-order valence-electron chi connectivity index (χ1n) is 7.64. The third kappa shape index (κ3) is 4.52. The second-order valence-electron chi connectivity index (χ2n) is 5.67. The van der Waals surface area contributed by atoms with Crippen molar-refractivity contribution in [3.05, 3.63) is 58.8 Å². The van der Waals surface area contributed by atoms with E-state index in [4.69, 9.17) is 4.52 Å². The van der Waals surface area contributed by atoms with Gasteiger partial charge in [0.2, 0.25) is 11.7 Å². The maximum atomic E-state index is 12.2. The van der Waals surface area contributed by atoms with Gasteiger partial charge in [-0.25, -0.2) is 8.42 Å². The Morgan fingerprint density at radius 3 is 2.83 bits per heavy atom. The topological polar surface area (TPSA) is 73.1 Å². The van der Waals surface area contributed by atoms with Crippen molar-refractivity contribution in [1.82, 2.24) is 10.1 Å². The number of hydrogen-bond donors (Lipinski definition) is 0. The molecule has 3 rings (SSSR count). The lowest BCUT2D eigenvalue weighted by Gasteiger charge is -2.04. The Kier molecular flexibility index (Phi) is 5.11. The molecule has 0 saturated heterocycles. The first-order chi connectivity index (χ1) is 11.5. The summed E-state index contributed by atoms with van der Waals surface area (Å²) >= 11 is 1.54. The van der Waals surface area contributed by atoms with Gasteiger partial charge in [0.1, 0.15) is 0 Å². The molecule has 5 nitrogen and oxygen atoms in total. The van der Waals surface area contributed by atoms with Gasteiger partial charge in [-0.3, -0.25) is 0 Å². The molecule has 2 heterocycles. The summed E-state index contributed by atoms with van der Waals surface area (Å²) in [6.45, 7) is 1.96. The number of nitrogens with zero attached hydrogens (tertiary/aromatic N) is 2. The molecule has 126 valence electrons. The lowest BCUT2D eigenvalue weighted by molar-refractivity contribution is 0.378. The lowest BCUT2D eigenvalue weighted by atomic mass is 10.2. The van der Waals surface area contributed by atoms with Crippen LogP contribution >= 0.6 is 11.3 Å². The van der Waals surface area contributed by atoms with E-state index in [1.165, 1.54) is 11.3 Å². The second kappa shape index (κ2) is 7.27. The van der Waals surface area contributed by atoms with Crippen molar-refractivity contribution in [3.8, 4) is 10.7 Å². The van der Waals surface area contributed by atoms with Crippen molar-refractivity contribution in [2.24, 2.45) is 0 Å². The summed E-state index contributed by atoms with van der Waals surface area (Å²) in [6.07, 6.45) is 0.936. The van der Waals surface area contributed by atoms with Gasteiger partial charge < -0.3 is 4.52 Å². The summed E-state index contributed by atoms with van der Waals surface area (Å²) in [5.74, 6) is 1.21. The fourth-order valence-corrected chi connectivity index (χ4v) is 4.50. The van der Waals surface area contributed by atoms with Crippen LogP contribution in [0.4, 0.5) is 0 Å². The highest BCUT2D eigenvalue weighted by Crippen LogP contribution is 2.21. The van der Waals surface area contributed by atoms with E-state index in [-0.39, 0.29) is 11.5 Å². The van der Waals surface area contributed by atoms with Gasteiger partial charge in [0.05, 0.1) is 16.4 Å². The minimum Gasteiger partial charge on any atom is -0.339 e. The average molecular weight is 362 g/mol. The minimum atomic E-state index is -3.15. The Hall–Kier alpha value is -1.99. The van der Waals surface area contributed by atoms with E-state index in [1.54, 1.807) is 0 Å². The quantitative estimate of drug-likeness (QED) is 0.641. The summed E-state index contributed by atoms with van der Waals surface area (Å²) in [6, 6.07) is 11.4. The maximum Gasteiger partial charge on any atom is 0.227 e. The first-order valence-corrected chi connectivity index (χ1v) is 10.3. The van der Waals surface area contributed by atoms with E-state index in [1.807, 2.05) is 48.7 Å². The molecule has 0 fully saturated rings. The predicted molar refractivity (Wildman–Crippen MR) is 94.6 cm³/mol. The fourth-order valence-electron chi connectivity index (χ4n) is 2.43. The fraction of sp³-hybridized carbons (Fsp3) is 0.294. The van der Waals surface area contributed by atoms with Gasteiger partial charge >= 0.3 is 0 Å². The van der Waals surface area contributed by atoms with Gasteiger partial charge in [-0.2, -0.15) is 4.98 Å². The van der Waals surface area contributed by atoms with E-state index in [0.717, 1.165) is 16.0 Å². The molecule has 0 aliphatic heterocycles. The minimum absolute atomic E-state index is 0.0684. The zero-order valence-corrected chi connectivity index (χ0v) is 14.9. The SMILES string of the molecule is Cc1cccc(CS(=O)(=O)CCCc2nc(-c3cccs3)no2)c1. The molecule has 0 saturated carbocycles. The van der Waals surface area contributed by atoms with Crippen LogP contribution < -0.4 is 0 Å². The molecule has 2 aromatic heterocycles. The van der Waals surface area contributed by atoms with Crippen LogP contribution in [-0.2, 0) is 22.0 Å². The van der Waals surface area contributed by atoms with Crippen molar-refractivity contribution < 1.29 is 12.9 Å². The molecule has 0 aliphatic rings. The van der Waals surface area contributed by atoms with Gasteiger partial charge in [-0.15, -0.1) is 11.3 Å². The number of thiophene rings is 1. The summed E-state index contributed by atoms with van der Waals surface area (Å²) < 4.78 is 29.6. The van der Waals surface area contributed by atoms with Crippen LogP contribution in [0.25, 0.3) is 10.7 Å². The van der Waals surface area contributed by atoms with Crippen molar-refractivity contribution in [2.45, 2.75) is 25.5 Å². The van der Waals surface area contributed by atoms with E-state index in [9.17, 15) is 8.42 Å². The number of rotatable bonds is 7. The molecule has 0 bridgehead atoms. The zero-order chi connectivity index (χ0) is 17.0. The number of aromatic nitrogens is 2. The molecule has 0 N–H and O–H groups in total. The first kappa shape index (κ1) is 16.9. The number of sulfone groups is 1. The molecule has 0 radical (unpaired) electrons. The molecular formula is C17H18N2O3S2. The third-order valence-corrected chi connectivity index (χ3v) is 6.07. The third-order valence-electron chi connectivity index (χ3n) is 3.52. The highest BCUT2D eigenvalue weighted by molar-refractivity contribution is 7.90. The molecule has 0 spiro atoms. The van der Waals surface area contributed by atoms with Crippen LogP contribution in [0.3, 0.4) is 0 Å². The monoisotopic (exact) mass is 362 g/mol. The van der Waals surface area contributed by atoms with Gasteiger partial charge in [-0.05, 0) is 30.4 Å². The molecule has 1 aromatic carbocycles. The molecule has 7 heteroatoms. The molecule has 3 aromatic rings. The van der Waals surface area contributed by atoms with Crippen LogP contribution in [0, 0.1) is 6.92 Å². The van der Waals surface area contributed by atoms with Crippen LogP contribution in [0.5, 0.6) is 0 Å². The summed E-state index contributed by atoms with van der Waals surface area (Å²) in [5.41, 5.74) is 1.89. The maximum absolute atomic E-state index is 12.2. The van der Waals surface area contributed by atoms with E-state index in [0.29, 0.717) is 24.6 Å². The van der Waals surface area contributed by atoms with Crippen LogP contribution in [0.15, 0.2) is 46.3 Å². The normalized spacial score (nSPS) is 11.7. The van der Waals surface area contributed by atoms with Crippen molar-refractivity contribution in [3.63, 3.8) is 0 Å². The Morgan fingerprint density at radius 2 is 2.08 bits per heavy atom. The van der Waals surface area contributed by atoms with Crippen LogP contribution in [-0.4, -0.2) is 24.3 Å². The van der Waals surface area contributed by atoms with Crippen molar-refractivity contribution >= 4 is 21.2 Å². The Labute approximate surface area is 145 Å². The predicted octanol–water partition coefficient (Wildman–Crippen LogP) is 3.65. The summed E-state index contributed by atoms with van der Waals surface area (Å²) in [7, 11) is -3.15. The lowest BCUT2D eigenvalue weighted by Crippen LogP contribution is -2.10. The van der Waals surface area contributed by atoms with Gasteiger partial charge in [0.25, 0.3) is 0 Å². The van der Waals surface area contributed by atoms with Crippen molar-refractivity contribution in [2.75, 3.05) is 5.75 Å². The van der Waals surface area contributed by atoms with E-state index in [2.05, 4.69) is 10.1 Å². The Bertz CT molecular complexity index is 900. The number of benzene rings is 1.